The zero-order chi connectivity index (χ0) is 21.0. The van der Waals surface area contributed by atoms with Crippen LogP contribution in [-0.4, -0.2) is 39.5 Å². The minimum Gasteiger partial charge on any atom is -0.452 e. The Morgan fingerprint density at radius 1 is 1.17 bits per heavy atom. The van der Waals surface area contributed by atoms with Gasteiger partial charge in [0.25, 0.3) is 5.91 Å². The fraction of sp³-hybridized carbons (Fsp3) is 0.300. The zero-order valence-corrected chi connectivity index (χ0v) is 17.4. The van der Waals surface area contributed by atoms with Crippen LogP contribution in [0.15, 0.2) is 53.4 Å². The Morgan fingerprint density at radius 2 is 1.86 bits per heavy atom. The van der Waals surface area contributed by atoms with Gasteiger partial charge in [0.05, 0.1) is 11.3 Å². The molecular formula is C20H21ClN2O5S. The Balaban J connectivity index is 1.49. The van der Waals surface area contributed by atoms with Crippen molar-refractivity contribution in [3.8, 4) is 0 Å². The number of ether oxygens (including phenoxy) is 1. The highest BCUT2D eigenvalue weighted by atomic mass is 35.5. The van der Waals surface area contributed by atoms with Gasteiger partial charge in [0, 0.05) is 23.8 Å². The van der Waals surface area contributed by atoms with Crippen molar-refractivity contribution in [3.63, 3.8) is 0 Å². The standard InChI is InChI=1S/C20H21ClN2O5S/c1-14(20(25)23-13-11-15-4-2-3-5-18(15)23)28-19(24)10-12-22-29(26,27)17-8-6-16(21)7-9-17/h2-9,14,22H,10-13H2,1H3/t14-/m1/s1. The van der Waals surface area contributed by atoms with Gasteiger partial charge >= 0.3 is 5.97 Å². The summed E-state index contributed by atoms with van der Waals surface area (Å²) in [6, 6.07) is 13.3. The van der Waals surface area contributed by atoms with Gasteiger partial charge in [-0.2, -0.15) is 0 Å². The fourth-order valence-electron chi connectivity index (χ4n) is 3.08. The number of carbonyl (C=O) groups excluding carboxylic acids is 2. The average Bonchev–Trinajstić information content (AvgIpc) is 3.11. The van der Waals surface area contributed by atoms with E-state index in [4.69, 9.17) is 16.3 Å². The van der Waals surface area contributed by atoms with Crippen LogP contribution in [0.25, 0.3) is 0 Å². The molecule has 0 radical (unpaired) electrons. The summed E-state index contributed by atoms with van der Waals surface area (Å²) >= 11 is 5.75. The van der Waals surface area contributed by atoms with Crippen LogP contribution in [0.4, 0.5) is 5.69 Å². The molecular weight excluding hydrogens is 416 g/mol. The third-order valence-corrected chi connectivity index (χ3v) is 6.28. The molecule has 0 aromatic heterocycles. The van der Waals surface area contributed by atoms with E-state index in [9.17, 15) is 18.0 Å². The number of amides is 1. The third-order valence-electron chi connectivity index (χ3n) is 4.55. The average molecular weight is 437 g/mol. The quantitative estimate of drug-likeness (QED) is 0.673. The number of anilines is 1. The number of nitrogens with zero attached hydrogens (tertiary/aromatic N) is 1. The summed E-state index contributed by atoms with van der Waals surface area (Å²) in [6.45, 7) is 1.91. The topological polar surface area (TPSA) is 92.8 Å². The first-order valence-corrected chi connectivity index (χ1v) is 11.0. The first-order valence-electron chi connectivity index (χ1n) is 9.12. The van der Waals surface area contributed by atoms with E-state index in [0.29, 0.717) is 11.6 Å². The Hall–Kier alpha value is -2.42. The highest BCUT2D eigenvalue weighted by molar-refractivity contribution is 7.89. The molecule has 1 heterocycles. The van der Waals surface area contributed by atoms with Crippen molar-refractivity contribution >= 4 is 39.2 Å². The summed E-state index contributed by atoms with van der Waals surface area (Å²) < 4.78 is 31.9. The smallest absolute Gasteiger partial charge is 0.307 e. The van der Waals surface area contributed by atoms with Gasteiger partial charge < -0.3 is 9.64 Å². The van der Waals surface area contributed by atoms with Crippen LogP contribution in [0.3, 0.4) is 0 Å². The molecule has 3 rings (SSSR count). The van der Waals surface area contributed by atoms with E-state index in [-0.39, 0.29) is 23.8 Å². The van der Waals surface area contributed by atoms with Crippen molar-refractivity contribution in [2.75, 3.05) is 18.0 Å². The van der Waals surface area contributed by atoms with Crippen LogP contribution < -0.4 is 9.62 Å². The molecule has 9 heteroatoms. The van der Waals surface area contributed by atoms with Gasteiger partial charge in [-0.3, -0.25) is 9.59 Å². The zero-order valence-electron chi connectivity index (χ0n) is 15.8. The predicted octanol–water partition coefficient (Wildman–Crippen LogP) is 2.53. The van der Waals surface area contributed by atoms with E-state index in [1.807, 2.05) is 24.3 Å². The van der Waals surface area contributed by atoms with Gasteiger partial charge in [0.2, 0.25) is 10.0 Å². The molecule has 0 saturated heterocycles. The molecule has 0 unspecified atom stereocenters. The van der Waals surface area contributed by atoms with Gasteiger partial charge in [-0.05, 0) is 49.2 Å². The molecule has 0 aliphatic carbocycles. The highest BCUT2D eigenvalue weighted by Gasteiger charge is 2.29. The van der Waals surface area contributed by atoms with E-state index >= 15 is 0 Å². The Morgan fingerprint density at radius 3 is 2.59 bits per heavy atom. The van der Waals surface area contributed by atoms with Gasteiger partial charge in [-0.1, -0.05) is 29.8 Å². The molecule has 2 aromatic rings. The number of carbonyl (C=O) groups is 2. The number of para-hydroxylation sites is 1. The van der Waals surface area contributed by atoms with Crippen molar-refractivity contribution in [1.29, 1.82) is 0 Å². The first kappa shape index (κ1) is 21.3. The van der Waals surface area contributed by atoms with Crippen molar-refractivity contribution < 1.29 is 22.7 Å². The molecule has 1 N–H and O–H groups in total. The van der Waals surface area contributed by atoms with Crippen molar-refractivity contribution in [2.24, 2.45) is 0 Å². The number of esters is 1. The number of rotatable bonds is 7. The van der Waals surface area contributed by atoms with Crippen LogP contribution in [0.2, 0.25) is 5.02 Å². The molecule has 1 aliphatic heterocycles. The number of nitrogens with one attached hydrogen (secondary N) is 1. The summed E-state index contributed by atoms with van der Waals surface area (Å²) in [5, 5.41) is 0.423. The molecule has 2 aromatic carbocycles. The van der Waals surface area contributed by atoms with Crippen molar-refractivity contribution in [3.05, 3.63) is 59.1 Å². The molecule has 1 amide bonds. The lowest BCUT2D eigenvalue weighted by molar-refractivity contribution is -0.153. The van der Waals surface area contributed by atoms with Crippen LogP contribution in [0.5, 0.6) is 0 Å². The van der Waals surface area contributed by atoms with Crippen LogP contribution in [0, 0.1) is 0 Å². The number of benzene rings is 2. The lowest BCUT2D eigenvalue weighted by atomic mass is 10.2. The van der Waals surface area contributed by atoms with E-state index in [0.717, 1.165) is 17.7 Å². The normalized spacial score (nSPS) is 14.3. The Labute approximate surface area is 174 Å². The maximum absolute atomic E-state index is 12.6. The number of fused-ring (bicyclic) bond motifs is 1. The monoisotopic (exact) mass is 436 g/mol. The minimum absolute atomic E-state index is 0.0477. The molecule has 0 spiro atoms. The van der Waals surface area contributed by atoms with Crippen LogP contribution >= 0.6 is 11.6 Å². The van der Waals surface area contributed by atoms with E-state index in [2.05, 4.69) is 4.72 Å². The number of halogens is 1. The number of hydrogen-bond acceptors (Lipinski definition) is 5. The molecule has 7 nitrogen and oxygen atoms in total. The van der Waals surface area contributed by atoms with Crippen molar-refractivity contribution in [1.82, 2.24) is 4.72 Å². The van der Waals surface area contributed by atoms with Crippen molar-refractivity contribution in [2.45, 2.75) is 30.8 Å². The van der Waals surface area contributed by atoms with Crippen LogP contribution in [0.1, 0.15) is 18.9 Å². The minimum atomic E-state index is -3.76. The predicted molar refractivity (Wildman–Crippen MR) is 109 cm³/mol. The molecule has 1 atom stereocenters. The van der Waals surface area contributed by atoms with Gasteiger partial charge in [0.1, 0.15) is 0 Å². The second-order valence-corrected chi connectivity index (χ2v) is 8.81. The summed E-state index contributed by atoms with van der Waals surface area (Å²) in [5.41, 5.74) is 1.91. The maximum Gasteiger partial charge on any atom is 0.307 e. The SMILES string of the molecule is C[C@@H](OC(=O)CCNS(=O)(=O)c1ccc(Cl)cc1)C(=O)N1CCc2ccccc21. The highest BCUT2D eigenvalue weighted by Crippen LogP contribution is 2.28. The molecule has 0 fully saturated rings. The van der Waals surface area contributed by atoms with Gasteiger partial charge in [0.15, 0.2) is 6.10 Å². The van der Waals surface area contributed by atoms with E-state index < -0.39 is 22.1 Å². The second-order valence-electron chi connectivity index (χ2n) is 6.60. The third kappa shape index (κ3) is 5.14. The second kappa shape index (κ2) is 8.94. The summed E-state index contributed by atoms with van der Waals surface area (Å²) in [6.07, 6.45) is -0.391. The number of hydrogen-bond donors (Lipinski definition) is 1. The molecule has 154 valence electrons. The molecule has 1 aliphatic rings. The molecule has 0 saturated carbocycles. The molecule has 0 bridgehead atoms. The van der Waals surface area contributed by atoms with Crippen LogP contribution in [-0.2, 0) is 30.8 Å². The van der Waals surface area contributed by atoms with Gasteiger partial charge in [-0.15, -0.1) is 0 Å². The first-order chi connectivity index (χ1) is 13.8. The molecule has 29 heavy (non-hydrogen) atoms. The maximum atomic E-state index is 12.6. The van der Waals surface area contributed by atoms with E-state index in [1.54, 1.807) is 4.90 Å². The Bertz CT molecular complexity index is 1010. The fourth-order valence-corrected chi connectivity index (χ4v) is 4.24. The Kier molecular flexibility index (Phi) is 6.56. The summed E-state index contributed by atoms with van der Waals surface area (Å²) in [4.78, 5) is 26.3. The lowest BCUT2D eigenvalue weighted by Gasteiger charge is -2.21. The largest absolute Gasteiger partial charge is 0.452 e. The van der Waals surface area contributed by atoms with Gasteiger partial charge in [-0.25, -0.2) is 13.1 Å². The van der Waals surface area contributed by atoms with E-state index in [1.165, 1.54) is 31.2 Å². The lowest BCUT2D eigenvalue weighted by Crippen LogP contribution is -2.39. The number of sulfonamides is 1. The summed E-state index contributed by atoms with van der Waals surface area (Å²) in [5.74, 6) is -0.956. The summed E-state index contributed by atoms with van der Waals surface area (Å²) in [7, 11) is -3.76.